The monoisotopic (exact) mass is 969 g/mol. The van der Waals surface area contributed by atoms with Crippen LogP contribution in [0.2, 0.25) is 5.02 Å². The number of halogens is 4. The Kier molecular flexibility index (Phi) is 12.8. The number of hydrogen-bond donors (Lipinski definition) is 0. The molecule has 14 nitrogen and oxygen atoms in total. The van der Waals surface area contributed by atoms with E-state index in [1.165, 1.54) is 24.0 Å². The van der Waals surface area contributed by atoms with Gasteiger partial charge in [0.2, 0.25) is 0 Å². The number of rotatable bonds is 14. The van der Waals surface area contributed by atoms with Crippen LogP contribution in [0.4, 0.5) is 29.6 Å². The second-order valence-corrected chi connectivity index (χ2v) is 19.6. The lowest BCUT2D eigenvalue weighted by atomic mass is 9.71. The Morgan fingerprint density at radius 2 is 1.62 bits per heavy atom. The second kappa shape index (κ2) is 18.5. The van der Waals surface area contributed by atoms with Crippen LogP contribution in [-0.2, 0) is 28.7 Å². The van der Waals surface area contributed by atoms with Crippen LogP contribution in [0.5, 0.6) is 23.3 Å². The van der Waals surface area contributed by atoms with Gasteiger partial charge in [0, 0.05) is 43.9 Å². The number of ether oxygens (including phenoxy) is 6. The number of methoxy groups -OCH3 is 2. The molecular formula is C51H55ClF3N7O7. The number of nitrogens with zero attached hydrogens (tertiary/aromatic N) is 7. The number of dihydropyridines is 1. The van der Waals surface area contributed by atoms with Crippen LogP contribution in [0.15, 0.2) is 77.8 Å². The number of allylic oxidation sites excluding steroid dienone is 1. The van der Waals surface area contributed by atoms with E-state index in [-0.39, 0.29) is 83.6 Å². The summed E-state index contributed by atoms with van der Waals surface area (Å²) in [5.74, 6) is 2.07. The number of fused-ring (bicyclic) bond motifs is 1. The van der Waals surface area contributed by atoms with Gasteiger partial charge in [-0.25, -0.2) is 9.78 Å². The van der Waals surface area contributed by atoms with Crippen molar-refractivity contribution in [3.05, 3.63) is 100 Å². The van der Waals surface area contributed by atoms with Crippen LogP contribution in [-0.4, -0.2) is 110 Å². The van der Waals surface area contributed by atoms with Gasteiger partial charge in [-0.1, -0.05) is 41.9 Å². The van der Waals surface area contributed by atoms with Crippen molar-refractivity contribution in [2.24, 2.45) is 10.4 Å². The number of aryl methyl sites for hydroxylation is 1. The Morgan fingerprint density at radius 3 is 2.19 bits per heavy atom. The first kappa shape index (κ1) is 47.7. The number of alkyl halides is 3. The topological polar surface area (TPSA) is 133 Å². The molecule has 5 aliphatic rings. The van der Waals surface area contributed by atoms with E-state index in [1.54, 1.807) is 54.3 Å². The second-order valence-electron chi connectivity index (χ2n) is 19.3. The molecule has 364 valence electrons. The molecule has 0 spiro atoms. The Hall–Kier alpha value is -6.33. The van der Waals surface area contributed by atoms with Gasteiger partial charge in [-0.05, 0) is 99.7 Å². The molecule has 69 heavy (non-hydrogen) atoms. The molecule has 10 rings (SSSR count). The maximum absolute atomic E-state index is 15.5. The number of benzene rings is 3. The van der Waals surface area contributed by atoms with Gasteiger partial charge in [0.05, 0.1) is 73.8 Å². The van der Waals surface area contributed by atoms with Gasteiger partial charge in [-0.2, -0.15) is 23.1 Å². The molecule has 1 saturated carbocycles. The third-order valence-corrected chi connectivity index (χ3v) is 13.5. The predicted octanol–water partition coefficient (Wildman–Crippen LogP) is 9.90. The van der Waals surface area contributed by atoms with E-state index >= 15 is 13.2 Å². The predicted molar refractivity (Wildman–Crippen MR) is 257 cm³/mol. The van der Waals surface area contributed by atoms with E-state index < -0.39 is 34.7 Å². The molecule has 2 aromatic heterocycles. The minimum atomic E-state index is -4.84. The van der Waals surface area contributed by atoms with Crippen LogP contribution in [0.25, 0.3) is 22.2 Å². The molecule has 2 saturated heterocycles. The van der Waals surface area contributed by atoms with Crippen molar-refractivity contribution in [2.75, 3.05) is 70.5 Å². The SMILES string of the molecule is COc1ccc(CN(Cc2ccc(OC)cc2)c2cc(C)c(C(F)(F)F)c(-c3cc4nc(OCC56COC(C5)C6)nc5c4c(c3Cl)OCCN5CC3(N(C)C(=O)OC(C)(C)C)C=CC=NC3)n2)cc1. The molecule has 3 fully saturated rings. The average Bonchev–Trinajstić information content (AvgIpc) is 3.87. The van der Waals surface area contributed by atoms with Gasteiger partial charge in [-0.3, -0.25) is 9.89 Å². The number of likely N-dealkylation sites (N-methyl/N-ethyl adjacent to an activating group) is 1. The van der Waals surface area contributed by atoms with Crippen LogP contribution in [0, 0.1) is 12.3 Å². The summed E-state index contributed by atoms with van der Waals surface area (Å²) in [6, 6.07) is 17.9. The fourth-order valence-corrected chi connectivity index (χ4v) is 9.73. The Balaban J connectivity index is 1.19. The Labute approximate surface area is 404 Å². The van der Waals surface area contributed by atoms with Crippen molar-refractivity contribution in [1.82, 2.24) is 19.9 Å². The third-order valence-electron chi connectivity index (χ3n) is 13.1. The minimum absolute atomic E-state index is 0.0131. The minimum Gasteiger partial charge on any atom is -0.497 e. The van der Waals surface area contributed by atoms with Crippen molar-refractivity contribution >= 4 is 46.4 Å². The number of carbonyl (C=O) groups excluding carboxylic acids is 1. The summed E-state index contributed by atoms with van der Waals surface area (Å²) in [4.78, 5) is 38.4. The average molecular weight is 970 g/mol. The fraction of sp³-hybridized carbons (Fsp3) is 0.431. The first-order valence-corrected chi connectivity index (χ1v) is 23.2. The summed E-state index contributed by atoms with van der Waals surface area (Å²) in [6.07, 6.45) is 1.86. The molecule has 1 amide bonds. The van der Waals surface area contributed by atoms with Crippen molar-refractivity contribution in [3.8, 4) is 34.5 Å². The van der Waals surface area contributed by atoms with E-state index in [9.17, 15) is 4.79 Å². The summed E-state index contributed by atoms with van der Waals surface area (Å²) in [5, 5.41) is 0.264. The van der Waals surface area contributed by atoms with E-state index in [0.717, 1.165) is 24.0 Å². The molecule has 2 bridgehead atoms. The highest BCUT2D eigenvalue weighted by Crippen LogP contribution is 2.51. The maximum atomic E-state index is 15.5. The van der Waals surface area contributed by atoms with E-state index in [0.29, 0.717) is 42.4 Å². The van der Waals surface area contributed by atoms with Gasteiger partial charge in [-0.15, -0.1) is 0 Å². The van der Waals surface area contributed by atoms with Gasteiger partial charge in [0.25, 0.3) is 0 Å². The molecule has 18 heteroatoms. The number of pyridine rings is 1. The molecule has 0 radical (unpaired) electrons. The number of aliphatic imine (C=N–C) groups is 1. The normalized spacial score (nSPS) is 20.5. The molecule has 1 atom stereocenters. The van der Waals surface area contributed by atoms with E-state index in [1.807, 2.05) is 64.4 Å². The quantitative estimate of drug-likeness (QED) is 0.105. The third kappa shape index (κ3) is 9.80. The number of aromatic nitrogens is 3. The van der Waals surface area contributed by atoms with Crippen LogP contribution >= 0.6 is 11.6 Å². The van der Waals surface area contributed by atoms with Crippen LogP contribution in [0.1, 0.15) is 55.9 Å². The molecule has 0 N–H and O–H groups in total. The summed E-state index contributed by atoms with van der Waals surface area (Å²) in [6.45, 7) is 8.88. The van der Waals surface area contributed by atoms with Gasteiger partial charge in [0.15, 0.2) is 5.75 Å². The van der Waals surface area contributed by atoms with Gasteiger partial charge >= 0.3 is 18.3 Å². The summed E-state index contributed by atoms with van der Waals surface area (Å²) in [5.41, 5.74) is -1.44. The molecule has 1 unspecified atom stereocenters. The molecule has 4 aliphatic heterocycles. The maximum Gasteiger partial charge on any atom is 0.418 e. The number of carbonyl (C=O) groups is 1. The van der Waals surface area contributed by atoms with Crippen LogP contribution in [0.3, 0.4) is 0 Å². The number of anilines is 2. The van der Waals surface area contributed by atoms with E-state index in [2.05, 4.69) is 4.99 Å². The van der Waals surface area contributed by atoms with Crippen molar-refractivity contribution in [1.29, 1.82) is 0 Å². The lowest BCUT2D eigenvalue weighted by Gasteiger charge is -2.43. The highest BCUT2D eigenvalue weighted by atomic mass is 35.5. The lowest BCUT2D eigenvalue weighted by Crippen LogP contribution is -2.59. The van der Waals surface area contributed by atoms with E-state index in [4.69, 9.17) is 55.0 Å². The number of hydrogen-bond acceptors (Lipinski definition) is 13. The molecule has 3 aromatic carbocycles. The Morgan fingerprint density at radius 1 is 0.957 bits per heavy atom. The summed E-state index contributed by atoms with van der Waals surface area (Å²) < 4.78 is 82.0. The molecule has 5 aromatic rings. The van der Waals surface area contributed by atoms with Crippen molar-refractivity contribution < 1.29 is 46.4 Å². The van der Waals surface area contributed by atoms with Gasteiger partial charge < -0.3 is 38.2 Å². The van der Waals surface area contributed by atoms with Crippen molar-refractivity contribution in [2.45, 2.75) is 77.0 Å². The standard InChI is InChI=1S/C51H55ClF3N7O7/c1-31-21-39(62(25-32-9-13-34(64-6)14-10-32)26-33-11-15-35(65-7)16-12-33)58-43(41(31)51(53,54)55)37-22-38-40-44(42(37)52)66-20-19-61(45(40)59-46(57-38)68-30-49-23-36(24-49)67-29-49)28-50(17-8-18-56-27-50)60(5)47(63)69-48(2,3)4/h8-18,21-22,36H,19-20,23-30H2,1-7H3. The molecule has 1 aliphatic carbocycles. The molecule has 6 heterocycles. The highest BCUT2D eigenvalue weighted by Gasteiger charge is 2.53. The summed E-state index contributed by atoms with van der Waals surface area (Å²) >= 11 is 7.37. The molecular weight excluding hydrogens is 915 g/mol. The van der Waals surface area contributed by atoms with Crippen molar-refractivity contribution in [3.63, 3.8) is 0 Å². The van der Waals surface area contributed by atoms with Crippen LogP contribution < -0.4 is 28.7 Å². The lowest BCUT2D eigenvalue weighted by molar-refractivity contribution is -0.137. The Bertz CT molecular complexity index is 2740. The fourth-order valence-electron chi connectivity index (χ4n) is 9.44. The smallest absolute Gasteiger partial charge is 0.418 e. The largest absolute Gasteiger partial charge is 0.497 e. The zero-order valence-corrected chi connectivity index (χ0v) is 40.4. The van der Waals surface area contributed by atoms with Gasteiger partial charge in [0.1, 0.15) is 40.9 Å². The zero-order valence-electron chi connectivity index (χ0n) is 39.7. The zero-order chi connectivity index (χ0) is 48.9. The highest BCUT2D eigenvalue weighted by molar-refractivity contribution is 6.36. The number of amides is 1. The first-order valence-electron chi connectivity index (χ1n) is 22.8. The first-order chi connectivity index (χ1) is 32.9. The summed E-state index contributed by atoms with van der Waals surface area (Å²) in [7, 11) is 4.83.